The zero-order chi connectivity index (χ0) is 20.5. The van der Waals surface area contributed by atoms with Gasteiger partial charge in [0.25, 0.3) is 5.91 Å². The van der Waals surface area contributed by atoms with E-state index < -0.39 is 18.1 Å². The van der Waals surface area contributed by atoms with Crippen LogP contribution in [0.2, 0.25) is 0 Å². The third-order valence-electron chi connectivity index (χ3n) is 5.32. The smallest absolute Gasteiger partial charge is 0.329 e. The molecule has 0 saturated heterocycles. The number of benzene rings is 2. The van der Waals surface area contributed by atoms with Gasteiger partial charge in [0.15, 0.2) is 5.78 Å². The number of hydrogen-bond acceptors (Lipinski definition) is 6. The summed E-state index contributed by atoms with van der Waals surface area (Å²) in [4.78, 5) is 39.5. The van der Waals surface area contributed by atoms with E-state index in [9.17, 15) is 14.4 Å². The Morgan fingerprint density at radius 2 is 1.66 bits per heavy atom. The molecule has 2 aromatic rings. The van der Waals surface area contributed by atoms with Crippen molar-refractivity contribution in [1.29, 1.82) is 0 Å². The van der Waals surface area contributed by atoms with Crippen LogP contribution in [0.1, 0.15) is 18.9 Å². The average Bonchev–Trinajstić information content (AvgIpc) is 3.36. The van der Waals surface area contributed by atoms with Crippen molar-refractivity contribution < 1.29 is 19.1 Å². The van der Waals surface area contributed by atoms with Crippen molar-refractivity contribution in [2.24, 2.45) is 5.10 Å². The second kappa shape index (κ2) is 7.50. The Kier molecular flexibility index (Phi) is 4.88. The molecular formula is C22H21N3O4. The first-order chi connectivity index (χ1) is 14.0. The van der Waals surface area contributed by atoms with Crippen LogP contribution in [0, 0.1) is 0 Å². The number of para-hydroxylation sites is 2. The Morgan fingerprint density at radius 3 is 2.34 bits per heavy atom. The van der Waals surface area contributed by atoms with Crippen LogP contribution >= 0.6 is 0 Å². The van der Waals surface area contributed by atoms with Gasteiger partial charge in [0.05, 0.1) is 12.8 Å². The number of amides is 1. The van der Waals surface area contributed by atoms with Crippen LogP contribution in [-0.2, 0) is 25.5 Å². The zero-order valence-electron chi connectivity index (χ0n) is 16.2. The number of fused-ring (bicyclic) bond motifs is 1. The van der Waals surface area contributed by atoms with E-state index in [0.29, 0.717) is 12.1 Å². The van der Waals surface area contributed by atoms with Gasteiger partial charge >= 0.3 is 5.97 Å². The Bertz CT molecular complexity index is 1000. The van der Waals surface area contributed by atoms with Gasteiger partial charge in [-0.25, -0.2) is 4.79 Å². The number of Topliss-reactive ketones (excluding diaryl/α,β-unsaturated/α-hetero) is 1. The molecule has 2 unspecified atom stereocenters. The predicted octanol–water partition coefficient (Wildman–Crippen LogP) is 2.34. The van der Waals surface area contributed by atoms with Gasteiger partial charge < -0.3 is 4.74 Å². The zero-order valence-corrected chi connectivity index (χ0v) is 16.2. The normalized spacial score (nSPS) is 20.3. The summed E-state index contributed by atoms with van der Waals surface area (Å²) in [5, 5.41) is 6.07. The van der Waals surface area contributed by atoms with Gasteiger partial charge in [-0.1, -0.05) is 36.4 Å². The quantitative estimate of drug-likeness (QED) is 0.748. The first-order valence-electron chi connectivity index (χ1n) is 9.42. The van der Waals surface area contributed by atoms with Gasteiger partial charge in [-0.15, -0.1) is 0 Å². The molecule has 2 aromatic carbocycles. The lowest BCUT2D eigenvalue weighted by Crippen LogP contribution is -2.46. The van der Waals surface area contributed by atoms with Crippen molar-refractivity contribution in [2.75, 3.05) is 17.0 Å². The molecule has 0 saturated carbocycles. The molecule has 0 radical (unpaired) electrons. The summed E-state index contributed by atoms with van der Waals surface area (Å²) >= 11 is 0. The lowest BCUT2D eigenvalue weighted by Gasteiger charge is -2.23. The number of nitrogens with zero attached hydrogens (tertiary/aromatic N) is 3. The topological polar surface area (TPSA) is 79.3 Å². The van der Waals surface area contributed by atoms with Crippen LogP contribution < -0.4 is 9.91 Å². The second-order valence-corrected chi connectivity index (χ2v) is 7.10. The molecule has 0 N–H and O–H groups in total. The van der Waals surface area contributed by atoms with E-state index in [0.717, 1.165) is 11.3 Å². The fourth-order valence-corrected chi connectivity index (χ4v) is 3.88. The van der Waals surface area contributed by atoms with Gasteiger partial charge in [-0.3, -0.25) is 19.5 Å². The fourth-order valence-electron chi connectivity index (χ4n) is 3.88. The van der Waals surface area contributed by atoms with E-state index in [1.54, 1.807) is 5.01 Å². The third kappa shape index (κ3) is 3.29. The minimum absolute atomic E-state index is 0.0771. The highest BCUT2D eigenvalue weighted by molar-refractivity contribution is 6.45. The molecule has 0 spiro atoms. The number of carbonyl (C=O) groups is 3. The van der Waals surface area contributed by atoms with Crippen molar-refractivity contribution in [3.8, 4) is 0 Å². The molecule has 2 aliphatic rings. The van der Waals surface area contributed by atoms with Gasteiger partial charge in [-0.05, 0) is 30.7 Å². The van der Waals surface area contributed by atoms with Crippen LogP contribution in [0.5, 0.6) is 0 Å². The van der Waals surface area contributed by atoms with Gasteiger partial charge in [0, 0.05) is 18.5 Å². The summed E-state index contributed by atoms with van der Waals surface area (Å²) in [6.45, 7) is 1.49. The molecule has 148 valence electrons. The number of carbonyl (C=O) groups excluding carboxylic acids is 3. The molecule has 1 amide bonds. The summed E-state index contributed by atoms with van der Waals surface area (Å²) in [5.41, 5.74) is 2.56. The minimum Gasteiger partial charge on any atom is -0.467 e. The Hall–Kier alpha value is -3.48. The van der Waals surface area contributed by atoms with E-state index in [2.05, 4.69) is 5.10 Å². The van der Waals surface area contributed by atoms with Crippen LogP contribution in [0.3, 0.4) is 0 Å². The molecule has 29 heavy (non-hydrogen) atoms. The number of hydrogen-bond donors (Lipinski definition) is 0. The Labute approximate surface area is 168 Å². The molecule has 0 aromatic heterocycles. The number of ether oxygens (including phenoxy) is 1. The SMILES string of the molecule is COC(=O)C1Cc2ccccc2N1C(=O)C1=NN(c2ccccc2)C(C(C)=O)C1. The summed E-state index contributed by atoms with van der Waals surface area (Å²) in [6.07, 6.45) is 0.579. The highest BCUT2D eigenvalue weighted by Gasteiger charge is 2.43. The lowest BCUT2D eigenvalue weighted by atomic mass is 10.1. The van der Waals surface area contributed by atoms with Gasteiger partial charge in [0.2, 0.25) is 0 Å². The van der Waals surface area contributed by atoms with Crippen molar-refractivity contribution in [1.82, 2.24) is 0 Å². The van der Waals surface area contributed by atoms with E-state index in [4.69, 9.17) is 4.74 Å². The minimum atomic E-state index is -0.742. The molecule has 4 rings (SSSR count). The number of rotatable bonds is 4. The van der Waals surface area contributed by atoms with Gasteiger partial charge in [-0.2, -0.15) is 5.10 Å². The fraction of sp³-hybridized carbons (Fsp3) is 0.273. The Balaban J connectivity index is 1.71. The second-order valence-electron chi connectivity index (χ2n) is 7.10. The van der Waals surface area contributed by atoms with Crippen LogP contribution in [0.15, 0.2) is 59.7 Å². The van der Waals surface area contributed by atoms with Crippen molar-refractivity contribution in [3.05, 3.63) is 60.2 Å². The molecule has 2 heterocycles. The molecule has 0 aliphatic carbocycles. The summed E-state index contributed by atoms with van der Waals surface area (Å²) < 4.78 is 4.92. The maximum Gasteiger partial charge on any atom is 0.329 e. The van der Waals surface area contributed by atoms with Crippen molar-refractivity contribution >= 4 is 34.7 Å². The monoisotopic (exact) mass is 391 g/mol. The third-order valence-corrected chi connectivity index (χ3v) is 5.32. The molecule has 2 atom stereocenters. The lowest BCUT2D eigenvalue weighted by molar-refractivity contribution is -0.142. The maximum absolute atomic E-state index is 13.4. The summed E-state index contributed by atoms with van der Waals surface area (Å²) in [6, 6.07) is 15.4. The van der Waals surface area contributed by atoms with E-state index in [1.165, 1.54) is 18.9 Å². The summed E-state index contributed by atoms with van der Waals surface area (Å²) in [7, 11) is 1.31. The number of methoxy groups -OCH3 is 1. The Morgan fingerprint density at radius 1 is 0.966 bits per heavy atom. The number of hydrazone groups is 1. The molecule has 0 fully saturated rings. The molecular weight excluding hydrogens is 370 g/mol. The van der Waals surface area contributed by atoms with Crippen LogP contribution in [0.25, 0.3) is 0 Å². The van der Waals surface area contributed by atoms with Crippen LogP contribution in [0.4, 0.5) is 11.4 Å². The average molecular weight is 391 g/mol. The number of anilines is 2. The molecule has 7 nitrogen and oxygen atoms in total. The predicted molar refractivity (Wildman–Crippen MR) is 109 cm³/mol. The number of ketones is 1. The largest absolute Gasteiger partial charge is 0.467 e. The highest BCUT2D eigenvalue weighted by Crippen LogP contribution is 2.34. The van der Waals surface area contributed by atoms with Crippen molar-refractivity contribution in [3.63, 3.8) is 0 Å². The molecule has 7 heteroatoms. The first kappa shape index (κ1) is 18.9. The summed E-state index contributed by atoms with van der Waals surface area (Å²) in [5.74, 6) is -0.932. The molecule has 2 aliphatic heterocycles. The van der Waals surface area contributed by atoms with Crippen LogP contribution in [-0.4, -0.2) is 42.6 Å². The number of esters is 1. The standard InChI is InChI=1S/C22H21N3O4/c1-14(26)19-13-17(23-25(19)16-9-4-3-5-10-16)21(27)24-18-11-7-6-8-15(18)12-20(24)22(28)29-2/h3-11,19-20H,12-13H2,1-2H3. The van der Waals surface area contributed by atoms with Gasteiger partial charge in [0.1, 0.15) is 17.8 Å². The van der Waals surface area contributed by atoms with E-state index in [1.807, 2.05) is 54.6 Å². The molecule has 0 bridgehead atoms. The maximum atomic E-state index is 13.4. The van der Waals surface area contributed by atoms with E-state index >= 15 is 0 Å². The highest BCUT2D eigenvalue weighted by atomic mass is 16.5. The van der Waals surface area contributed by atoms with Crippen molar-refractivity contribution in [2.45, 2.75) is 31.8 Å². The van der Waals surface area contributed by atoms with E-state index in [-0.39, 0.29) is 23.8 Å². The first-order valence-corrected chi connectivity index (χ1v) is 9.42.